The number of methoxy groups -OCH3 is 3. The normalized spacial score (nSPS) is 15.4. The SMILES string of the molecule is COc1cc(NC(=O)COc2cccc3c2CCC[C@@H]3O)cc(OC)c1OC. The number of ether oxygens (including phenoxy) is 4. The van der Waals surface area contributed by atoms with Crippen LogP contribution in [0.1, 0.15) is 30.1 Å². The van der Waals surface area contributed by atoms with Crippen molar-refractivity contribution in [3.05, 3.63) is 41.5 Å². The molecule has 0 bridgehead atoms. The number of anilines is 1. The number of carbonyl (C=O) groups excluding carboxylic acids is 1. The molecule has 1 atom stereocenters. The molecular formula is C21H25NO6. The molecule has 3 rings (SSSR count). The highest BCUT2D eigenvalue weighted by molar-refractivity contribution is 5.92. The van der Waals surface area contributed by atoms with Gasteiger partial charge in [-0.15, -0.1) is 0 Å². The Morgan fingerprint density at radius 2 is 1.82 bits per heavy atom. The summed E-state index contributed by atoms with van der Waals surface area (Å²) in [6.45, 7) is -0.150. The second-order valence-corrected chi connectivity index (χ2v) is 6.48. The number of nitrogens with one attached hydrogen (secondary N) is 1. The molecule has 0 saturated carbocycles. The van der Waals surface area contributed by atoms with Crippen molar-refractivity contribution in [3.8, 4) is 23.0 Å². The van der Waals surface area contributed by atoms with Gasteiger partial charge in [0.1, 0.15) is 5.75 Å². The van der Waals surface area contributed by atoms with Gasteiger partial charge in [-0.25, -0.2) is 0 Å². The Balaban J connectivity index is 1.70. The first-order valence-electron chi connectivity index (χ1n) is 9.09. The van der Waals surface area contributed by atoms with E-state index in [0.717, 1.165) is 30.4 Å². The van der Waals surface area contributed by atoms with Crippen molar-refractivity contribution in [3.63, 3.8) is 0 Å². The van der Waals surface area contributed by atoms with E-state index in [1.165, 1.54) is 21.3 Å². The Hall–Kier alpha value is -2.93. The molecule has 2 aromatic carbocycles. The highest BCUT2D eigenvalue weighted by Gasteiger charge is 2.21. The molecule has 28 heavy (non-hydrogen) atoms. The molecule has 1 amide bonds. The van der Waals surface area contributed by atoms with Gasteiger partial charge in [-0.3, -0.25) is 4.79 Å². The van der Waals surface area contributed by atoms with Crippen LogP contribution >= 0.6 is 0 Å². The lowest BCUT2D eigenvalue weighted by atomic mass is 9.89. The molecule has 0 aromatic heterocycles. The molecule has 0 aliphatic heterocycles. The number of hydrogen-bond donors (Lipinski definition) is 2. The monoisotopic (exact) mass is 387 g/mol. The van der Waals surface area contributed by atoms with Crippen LogP contribution in [-0.2, 0) is 11.2 Å². The van der Waals surface area contributed by atoms with E-state index in [-0.39, 0.29) is 12.5 Å². The van der Waals surface area contributed by atoms with Gasteiger partial charge in [0.25, 0.3) is 5.91 Å². The number of amides is 1. The summed E-state index contributed by atoms with van der Waals surface area (Å²) in [7, 11) is 4.54. The third kappa shape index (κ3) is 4.14. The van der Waals surface area contributed by atoms with Crippen molar-refractivity contribution < 1.29 is 28.8 Å². The summed E-state index contributed by atoms with van der Waals surface area (Å²) < 4.78 is 21.6. The minimum absolute atomic E-state index is 0.150. The van der Waals surface area contributed by atoms with Crippen LogP contribution in [0.15, 0.2) is 30.3 Å². The van der Waals surface area contributed by atoms with Crippen LogP contribution in [0.2, 0.25) is 0 Å². The zero-order valence-corrected chi connectivity index (χ0v) is 16.3. The van der Waals surface area contributed by atoms with Gasteiger partial charge in [0.15, 0.2) is 18.1 Å². The van der Waals surface area contributed by atoms with E-state index in [1.54, 1.807) is 12.1 Å². The maximum absolute atomic E-state index is 12.4. The Bertz CT molecular complexity index is 826. The number of aliphatic hydroxyl groups excluding tert-OH is 1. The molecule has 0 saturated heterocycles. The molecular weight excluding hydrogens is 362 g/mol. The fraction of sp³-hybridized carbons (Fsp3) is 0.381. The highest BCUT2D eigenvalue weighted by atomic mass is 16.5. The van der Waals surface area contributed by atoms with Crippen molar-refractivity contribution >= 4 is 11.6 Å². The third-order valence-electron chi connectivity index (χ3n) is 4.74. The number of benzene rings is 2. The van der Waals surface area contributed by atoms with Crippen molar-refractivity contribution in [1.82, 2.24) is 0 Å². The van der Waals surface area contributed by atoms with Crippen LogP contribution in [0.3, 0.4) is 0 Å². The minimum atomic E-state index is -0.472. The minimum Gasteiger partial charge on any atom is -0.493 e. The van der Waals surface area contributed by atoms with Crippen LogP contribution < -0.4 is 24.3 Å². The summed E-state index contributed by atoms with van der Waals surface area (Å²) in [6, 6.07) is 8.87. The third-order valence-corrected chi connectivity index (χ3v) is 4.74. The average molecular weight is 387 g/mol. The molecule has 0 radical (unpaired) electrons. The zero-order valence-electron chi connectivity index (χ0n) is 16.3. The Labute approximate surface area is 164 Å². The zero-order chi connectivity index (χ0) is 20.1. The lowest BCUT2D eigenvalue weighted by Crippen LogP contribution is -2.21. The smallest absolute Gasteiger partial charge is 0.262 e. The van der Waals surface area contributed by atoms with Crippen molar-refractivity contribution in [2.24, 2.45) is 0 Å². The topological polar surface area (TPSA) is 86.3 Å². The Kier molecular flexibility index (Phi) is 6.26. The molecule has 2 N–H and O–H groups in total. The maximum atomic E-state index is 12.4. The number of aliphatic hydroxyl groups is 1. The molecule has 7 heteroatoms. The predicted molar refractivity (Wildman–Crippen MR) is 105 cm³/mol. The largest absolute Gasteiger partial charge is 0.493 e. The maximum Gasteiger partial charge on any atom is 0.262 e. The second-order valence-electron chi connectivity index (χ2n) is 6.48. The van der Waals surface area contributed by atoms with Crippen LogP contribution in [0.25, 0.3) is 0 Å². The first-order chi connectivity index (χ1) is 13.6. The van der Waals surface area contributed by atoms with E-state index >= 15 is 0 Å². The second kappa shape index (κ2) is 8.84. The first kappa shape index (κ1) is 19.8. The number of hydrogen-bond acceptors (Lipinski definition) is 6. The lowest BCUT2D eigenvalue weighted by molar-refractivity contribution is -0.118. The van der Waals surface area contributed by atoms with E-state index in [4.69, 9.17) is 18.9 Å². The summed E-state index contributed by atoms with van der Waals surface area (Å²) in [5.74, 6) is 1.67. The summed E-state index contributed by atoms with van der Waals surface area (Å²) in [6.07, 6.45) is 2.00. The molecule has 0 fully saturated rings. The predicted octanol–water partition coefficient (Wildman–Crippen LogP) is 3.10. The fourth-order valence-corrected chi connectivity index (χ4v) is 3.42. The molecule has 1 aliphatic carbocycles. The Morgan fingerprint density at radius 1 is 1.11 bits per heavy atom. The van der Waals surface area contributed by atoms with Gasteiger partial charge in [0, 0.05) is 17.8 Å². The first-order valence-corrected chi connectivity index (χ1v) is 9.09. The molecule has 150 valence electrons. The molecule has 7 nitrogen and oxygen atoms in total. The summed E-state index contributed by atoms with van der Waals surface area (Å²) >= 11 is 0. The molecule has 1 aliphatic rings. The van der Waals surface area contributed by atoms with E-state index in [9.17, 15) is 9.90 Å². The van der Waals surface area contributed by atoms with Gasteiger partial charge in [-0.2, -0.15) is 0 Å². The van der Waals surface area contributed by atoms with Gasteiger partial charge in [-0.05, 0) is 36.5 Å². The number of carbonyl (C=O) groups is 1. The van der Waals surface area contributed by atoms with Crippen molar-refractivity contribution in [2.75, 3.05) is 33.3 Å². The quantitative estimate of drug-likeness (QED) is 0.759. The van der Waals surface area contributed by atoms with Crippen LogP contribution in [0.5, 0.6) is 23.0 Å². The number of rotatable bonds is 7. The summed E-state index contributed by atoms with van der Waals surface area (Å²) in [5, 5.41) is 12.9. The molecule has 0 unspecified atom stereocenters. The van der Waals surface area contributed by atoms with Gasteiger partial charge < -0.3 is 29.4 Å². The van der Waals surface area contributed by atoms with E-state index in [2.05, 4.69) is 5.32 Å². The van der Waals surface area contributed by atoms with Gasteiger partial charge >= 0.3 is 0 Å². The summed E-state index contributed by atoms with van der Waals surface area (Å²) in [5.41, 5.74) is 2.37. The highest BCUT2D eigenvalue weighted by Crippen LogP contribution is 2.40. The fourth-order valence-electron chi connectivity index (χ4n) is 3.42. The van der Waals surface area contributed by atoms with Crippen LogP contribution in [0, 0.1) is 0 Å². The van der Waals surface area contributed by atoms with E-state index in [1.807, 2.05) is 18.2 Å². The average Bonchev–Trinajstić information content (AvgIpc) is 2.71. The van der Waals surface area contributed by atoms with Crippen LogP contribution in [-0.4, -0.2) is 38.9 Å². The van der Waals surface area contributed by atoms with Gasteiger partial charge in [0.2, 0.25) is 5.75 Å². The van der Waals surface area contributed by atoms with Gasteiger partial charge in [0.05, 0.1) is 27.4 Å². The molecule has 2 aromatic rings. The van der Waals surface area contributed by atoms with Crippen molar-refractivity contribution in [2.45, 2.75) is 25.4 Å². The number of fused-ring (bicyclic) bond motifs is 1. The van der Waals surface area contributed by atoms with E-state index in [0.29, 0.717) is 28.7 Å². The summed E-state index contributed by atoms with van der Waals surface area (Å²) in [4.78, 5) is 12.4. The molecule has 0 spiro atoms. The van der Waals surface area contributed by atoms with Crippen LogP contribution in [0.4, 0.5) is 5.69 Å². The van der Waals surface area contributed by atoms with Gasteiger partial charge in [-0.1, -0.05) is 12.1 Å². The van der Waals surface area contributed by atoms with E-state index < -0.39 is 6.10 Å². The standard InChI is InChI=1S/C21H25NO6/c1-25-18-10-13(11-19(26-2)21(18)27-3)22-20(24)12-28-17-9-5-6-14-15(17)7-4-8-16(14)23/h5-6,9-11,16,23H,4,7-8,12H2,1-3H3,(H,22,24)/t16-/m0/s1. The Morgan fingerprint density at radius 3 is 2.46 bits per heavy atom. The molecule has 0 heterocycles. The van der Waals surface area contributed by atoms with Crippen molar-refractivity contribution in [1.29, 1.82) is 0 Å². The lowest BCUT2D eigenvalue weighted by Gasteiger charge is -2.23.